The summed E-state index contributed by atoms with van der Waals surface area (Å²) in [6.07, 6.45) is 3.34. The Morgan fingerprint density at radius 3 is 2.96 bits per heavy atom. The van der Waals surface area contributed by atoms with Gasteiger partial charge >= 0.3 is 0 Å². The quantitative estimate of drug-likeness (QED) is 0.781. The first kappa shape index (κ1) is 16.6. The molecule has 0 unspecified atom stereocenters. The fraction of sp³-hybridized carbons (Fsp3) is 0.368. The lowest BCUT2D eigenvalue weighted by atomic mass is 10.2. The van der Waals surface area contributed by atoms with Gasteiger partial charge in [-0.15, -0.1) is 0 Å². The number of likely N-dealkylation sites (tertiary alicyclic amines) is 1. The van der Waals surface area contributed by atoms with Gasteiger partial charge < -0.3 is 9.88 Å². The van der Waals surface area contributed by atoms with Crippen LogP contribution in [0.4, 0.5) is 4.39 Å². The van der Waals surface area contributed by atoms with Gasteiger partial charge in [-0.05, 0) is 37.1 Å². The van der Waals surface area contributed by atoms with Crippen LogP contribution in [0, 0.1) is 5.82 Å². The molecule has 0 aliphatic carbocycles. The Bertz CT molecular complexity index is 967. The van der Waals surface area contributed by atoms with Crippen molar-refractivity contribution in [1.82, 2.24) is 24.8 Å². The number of carbonyl (C=O) groups is 1. The van der Waals surface area contributed by atoms with E-state index in [2.05, 4.69) is 19.9 Å². The molecule has 1 aromatic carbocycles. The smallest absolute Gasteiger partial charge is 0.273 e. The average molecular weight is 353 g/mol. The molecular formula is C19H20FN5O. The summed E-state index contributed by atoms with van der Waals surface area (Å²) in [5.41, 5.74) is 1.74. The number of fused-ring (bicyclic) bond motifs is 1. The van der Waals surface area contributed by atoms with Gasteiger partial charge in [0.1, 0.15) is 23.2 Å². The lowest BCUT2D eigenvalue weighted by Crippen LogP contribution is -2.32. The van der Waals surface area contributed by atoms with Crippen molar-refractivity contribution in [3.05, 3.63) is 53.6 Å². The number of aromatic amines is 1. The molecule has 0 radical (unpaired) electrons. The number of carbonyl (C=O) groups excluding carboxylic acids is 1. The molecule has 1 amide bonds. The zero-order chi connectivity index (χ0) is 18.3. The summed E-state index contributed by atoms with van der Waals surface area (Å²) in [5, 5.41) is 0. The van der Waals surface area contributed by atoms with E-state index in [1.165, 1.54) is 12.1 Å². The third-order valence-electron chi connectivity index (χ3n) is 4.70. The van der Waals surface area contributed by atoms with Crippen molar-refractivity contribution in [1.29, 1.82) is 0 Å². The van der Waals surface area contributed by atoms with Gasteiger partial charge in [0.2, 0.25) is 0 Å². The minimum atomic E-state index is -0.311. The minimum absolute atomic E-state index is 0.122. The Hall–Kier alpha value is -2.83. The molecule has 1 atom stereocenters. The first-order valence-corrected chi connectivity index (χ1v) is 8.82. The number of amides is 1. The van der Waals surface area contributed by atoms with Gasteiger partial charge in [-0.2, -0.15) is 0 Å². The van der Waals surface area contributed by atoms with Crippen LogP contribution in [0.1, 0.15) is 60.8 Å². The van der Waals surface area contributed by atoms with Crippen molar-refractivity contribution in [3.63, 3.8) is 0 Å². The van der Waals surface area contributed by atoms with E-state index in [1.807, 2.05) is 13.8 Å². The van der Waals surface area contributed by atoms with Gasteiger partial charge in [0.15, 0.2) is 0 Å². The number of nitrogens with one attached hydrogen (secondary N) is 1. The van der Waals surface area contributed by atoms with Crippen LogP contribution in [0.3, 0.4) is 0 Å². The molecule has 2 aromatic heterocycles. The molecular weight excluding hydrogens is 333 g/mol. The van der Waals surface area contributed by atoms with Gasteiger partial charge in [0, 0.05) is 18.7 Å². The number of H-pyrrole nitrogens is 1. The van der Waals surface area contributed by atoms with Gasteiger partial charge in [-0.1, -0.05) is 13.8 Å². The number of nitrogens with zero attached hydrogens (tertiary/aromatic N) is 4. The number of hydrogen-bond acceptors (Lipinski definition) is 4. The van der Waals surface area contributed by atoms with Crippen LogP contribution in [0.2, 0.25) is 0 Å². The highest BCUT2D eigenvalue weighted by Gasteiger charge is 2.33. The third-order valence-corrected chi connectivity index (χ3v) is 4.70. The minimum Gasteiger partial charge on any atom is -0.340 e. The van der Waals surface area contributed by atoms with Crippen molar-refractivity contribution in [2.75, 3.05) is 6.54 Å². The van der Waals surface area contributed by atoms with Crippen molar-refractivity contribution in [2.45, 2.75) is 38.6 Å². The predicted octanol–water partition coefficient (Wildman–Crippen LogP) is 3.59. The molecule has 0 saturated carbocycles. The maximum atomic E-state index is 13.4. The largest absolute Gasteiger partial charge is 0.340 e. The van der Waals surface area contributed by atoms with E-state index in [1.54, 1.807) is 23.2 Å². The summed E-state index contributed by atoms with van der Waals surface area (Å²) in [6.45, 7) is 4.64. The number of halogens is 1. The summed E-state index contributed by atoms with van der Waals surface area (Å²) in [6, 6.07) is 5.95. The van der Waals surface area contributed by atoms with Crippen LogP contribution in [-0.2, 0) is 0 Å². The van der Waals surface area contributed by atoms with Crippen molar-refractivity contribution >= 4 is 16.9 Å². The molecule has 1 N–H and O–H groups in total. The molecule has 3 heterocycles. The Morgan fingerprint density at radius 2 is 2.15 bits per heavy atom. The molecule has 0 bridgehead atoms. The zero-order valence-electron chi connectivity index (χ0n) is 14.7. The summed E-state index contributed by atoms with van der Waals surface area (Å²) in [4.78, 5) is 31.2. The molecule has 1 aliphatic heterocycles. The molecule has 7 heteroatoms. The Morgan fingerprint density at radius 1 is 1.31 bits per heavy atom. The van der Waals surface area contributed by atoms with Crippen LogP contribution in [0.15, 0.2) is 30.5 Å². The fourth-order valence-corrected chi connectivity index (χ4v) is 3.37. The molecule has 134 valence electrons. The maximum absolute atomic E-state index is 13.4. The fourth-order valence-electron chi connectivity index (χ4n) is 3.37. The SMILES string of the molecule is CC(C)c1nccc(C(=O)N2CCC[C@H]2c2nc3ccc(F)cc3[nH]2)n1. The first-order valence-electron chi connectivity index (χ1n) is 8.82. The molecule has 1 aliphatic rings. The number of aromatic nitrogens is 4. The molecule has 1 saturated heterocycles. The van der Waals surface area contributed by atoms with Gasteiger partial charge in [-0.25, -0.2) is 19.3 Å². The second-order valence-corrected chi connectivity index (χ2v) is 6.89. The monoisotopic (exact) mass is 353 g/mol. The molecule has 6 nitrogen and oxygen atoms in total. The summed E-state index contributed by atoms with van der Waals surface area (Å²) >= 11 is 0. The average Bonchev–Trinajstić information content (AvgIpc) is 3.27. The second-order valence-electron chi connectivity index (χ2n) is 6.89. The van der Waals surface area contributed by atoms with E-state index in [4.69, 9.17) is 0 Å². The van der Waals surface area contributed by atoms with E-state index >= 15 is 0 Å². The van der Waals surface area contributed by atoms with Gasteiger partial charge in [-0.3, -0.25) is 4.79 Å². The molecule has 26 heavy (non-hydrogen) atoms. The van der Waals surface area contributed by atoms with Crippen molar-refractivity contribution in [3.8, 4) is 0 Å². The summed E-state index contributed by atoms with van der Waals surface area (Å²) < 4.78 is 13.4. The third kappa shape index (κ3) is 2.94. The highest BCUT2D eigenvalue weighted by atomic mass is 19.1. The highest BCUT2D eigenvalue weighted by molar-refractivity contribution is 5.92. The van der Waals surface area contributed by atoms with Crippen molar-refractivity contribution < 1.29 is 9.18 Å². The van der Waals surface area contributed by atoms with Crippen LogP contribution >= 0.6 is 0 Å². The Kier molecular flexibility index (Phi) is 4.14. The highest BCUT2D eigenvalue weighted by Crippen LogP contribution is 2.32. The number of rotatable bonds is 3. The normalized spacial score (nSPS) is 17.4. The number of hydrogen-bond donors (Lipinski definition) is 1. The summed E-state index contributed by atoms with van der Waals surface area (Å²) in [5.74, 6) is 1.07. The van der Waals surface area contributed by atoms with Crippen LogP contribution in [-0.4, -0.2) is 37.3 Å². The van der Waals surface area contributed by atoms with E-state index in [9.17, 15) is 9.18 Å². The lowest BCUT2D eigenvalue weighted by molar-refractivity contribution is 0.0724. The maximum Gasteiger partial charge on any atom is 0.273 e. The van der Waals surface area contributed by atoms with Gasteiger partial charge in [0.25, 0.3) is 5.91 Å². The van der Waals surface area contributed by atoms with E-state index < -0.39 is 0 Å². The zero-order valence-corrected chi connectivity index (χ0v) is 14.7. The van der Waals surface area contributed by atoms with Gasteiger partial charge in [0.05, 0.1) is 17.1 Å². The topological polar surface area (TPSA) is 74.8 Å². The van der Waals surface area contributed by atoms with E-state index in [0.29, 0.717) is 34.9 Å². The molecule has 0 spiro atoms. The van der Waals surface area contributed by atoms with Crippen LogP contribution in [0.25, 0.3) is 11.0 Å². The first-order chi connectivity index (χ1) is 12.5. The van der Waals surface area contributed by atoms with Crippen LogP contribution < -0.4 is 0 Å². The molecule has 1 fully saturated rings. The number of benzene rings is 1. The van der Waals surface area contributed by atoms with Crippen molar-refractivity contribution in [2.24, 2.45) is 0 Å². The van der Waals surface area contributed by atoms with E-state index in [0.717, 1.165) is 12.8 Å². The Labute approximate surface area is 150 Å². The molecule has 4 rings (SSSR count). The summed E-state index contributed by atoms with van der Waals surface area (Å²) in [7, 11) is 0. The van der Waals surface area contributed by atoms with Crippen LogP contribution in [0.5, 0.6) is 0 Å². The van der Waals surface area contributed by atoms with E-state index in [-0.39, 0.29) is 23.7 Å². The standard InChI is InChI=1S/C19H20FN5O/c1-11(2)17-21-8-7-14(23-17)19(26)25-9-3-4-16(25)18-22-13-6-5-12(20)10-15(13)24-18/h5-8,10-11,16H,3-4,9H2,1-2H3,(H,22,24)/t16-/m0/s1. The second kappa shape index (κ2) is 6.48. The number of imidazole rings is 1. The molecule has 3 aromatic rings. The predicted molar refractivity (Wildman–Crippen MR) is 95.2 cm³/mol. The Balaban J connectivity index is 1.65. The lowest BCUT2D eigenvalue weighted by Gasteiger charge is -2.23.